The molecule has 1 aliphatic heterocycles. The SMILES string of the molecule is Cc1cc2c(cc1O)N(C)c1ccc(O)cc1N2. The van der Waals surface area contributed by atoms with Crippen LogP contribution in [0.15, 0.2) is 30.3 Å². The van der Waals surface area contributed by atoms with E-state index in [1.807, 2.05) is 31.0 Å². The average molecular weight is 242 g/mol. The van der Waals surface area contributed by atoms with E-state index < -0.39 is 0 Å². The molecule has 0 radical (unpaired) electrons. The van der Waals surface area contributed by atoms with E-state index in [-0.39, 0.29) is 11.5 Å². The van der Waals surface area contributed by atoms with Crippen LogP contribution in [-0.2, 0) is 0 Å². The summed E-state index contributed by atoms with van der Waals surface area (Å²) < 4.78 is 0. The fourth-order valence-electron chi connectivity index (χ4n) is 2.25. The summed E-state index contributed by atoms with van der Waals surface area (Å²) in [6.07, 6.45) is 0. The second kappa shape index (κ2) is 3.57. The summed E-state index contributed by atoms with van der Waals surface area (Å²) in [5.74, 6) is 0.512. The predicted octanol–water partition coefficient (Wildman–Crippen LogP) is 3.23. The maximum absolute atomic E-state index is 9.79. The minimum Gasteiger partial charge on any atom is -0.508 e. The molecule has 0 atom stereocenters. The van der Waals surface area contributed by atoms with Crippen LogP contribution < -0.4 is 10.2 Å². The highest BCUT2D eigenvalue weighted by molar-refractivity contribution is 5.92. The number of nitrogens with one attached hydrogen (secondary N) is 1. The number of anilines is 4. The molecule has 0 aliphatic carbocycles. The Kier molecular flexibility index (Phi) is 2.13. The molecule has 3 N–H and O–H groups in total. The van der Waals surface area contributed by atoms with Gasteiger partial charge in [-0.25, -0.2) is 0 Å². The molecule has 18 heavy (non-hydrogen) atoms. The van der Waals surface area contributed by atoms with Crippen molar-refractivity contribution in [3.8, 4) is 11.5 Å². The summed E-state index contributed by atoms with van der Waals surface area (Å²) in [4.78, 5) is 1.99. The van der Waals surface area contributed by atoms with Gasteiger partial charge in [-0.15, -0.1) is 0 Å². The topological polar surface area (TPSA) is 55.7 Å². The van der Waals surface area contributed by atoms with E-state index in [1.165, 1.54) is 0 Å². The van der Waals surface area contributed by atoms with Crippen LogP contribution in [0.4, 0.5) is 22.7 Å². The lowest BCUT2D eigenvalue weighted by molar-refractivity contribution is 0.471. The molecule has 0 amide bonds. The van der Waals surface area contributed by atoms with Gasteiger partial charge in [0.2, 0.25) is 0 Å². The quantitative estimate of drug-likeness (QED) is 0.621. The van der Waals surface area contributed by atoms with Crippen molar-refractivity contribution >= 4 is 22.7 Å². The van der Waals surface area contributed by atoms with E-state index in [4.69, 9.17) is 0 Å². The number of benzene rings is 2. The van der Waals surface area contributed by atoms with E-state index in [0.29, 0.717) is 0 Å². The van der Waals surface area contributed by atoms with Crippen LogP contribution in [0.25, 0.3) is 0 Å². The Balaban J connectivity index is 2.18. The van der Waals surface area contributed by atoms with Gasteiger partial charge in [0.15, 0.2) is 0 Å². The number of fused-ring (bicyclic) bond motifs is 2. The molecular formula is C14H14N2O2. The van der Waals surface area contributed by atoms with Crippen LogP contribution in [0.1, 0.15) is 5.56 Å². The molecule has 92 valence electrons. The van der Waals surface area contributed by atoms with Crippen molar-refractivity contribution in [2.75, 3.05) is 17.3 Å². The van der Waals surface area contributed by atoms with Crippen molar-refractivity contribution in [3.05, 3.63) is 35.9 Å². The highest BCUT2D eigenvalue weighted by Gasteiger charge is 2.21. The molecule has 4 heteroatoms. The van der Waals surface area contributed by atoms with Crippen molar-refractivity contribution in [2.24, 2.45) is 0 Å². The molecule has 0 unspecified atom stereocenters. The van der Waals surface area contributed by atoms with Gasteiger partial charge in [-0.05, 0) is 30.7 Å². The molecule has 4 nitrogen and oxygen atoms in total. The van der Waals surface area contributed by atoms with Crippen molar-refractivity contribution in [3.63, 3.8) is 0 Å². The number of rotatable bonds is 0. The molecule has 2 aromatic rings. The van der Waals surface area contributed by atoms with Crippen molar-refractivity contribution in [1.29, 1.82) is 0 Å². The Bertz CT molecular complexity index is 638. The van der Waals surface area contributed by atoms with Crippen molar-refractivity contribution < 1.29 is 10.2 Å². The molecule has 0 spiro atoms. The van der Waals surface area contributed by atoms with Gasteiger partial charge in [0.1, 0.15) is 11.5 Å². The lowest BCUT2D eigenvalue weighted by Crippen LogP contribution is -2.17. The number of hydrogen-bond acceptors (Lipinski definition) is 4. The van der Waals surface area contributed by atoms with E-state index in [0.717, 1.165) is 28.3 Å². The summed E-state index contributed by atoms with van der Waals surface area (Å²) in [5, 5.41) is 22.6. The lowest BCUT2D eigenvalue weighted by Gasteiger charge is -2.31. The highest BCUT2D eigenvalue weighted by Crippen LogP contribution is 2.45. The van der Waals surface area contributed by atoms with Gasteiger partial charge in [0, 0.05) is 19.2 Å². The van der Waals surface area contributed by atoms with Gasteiger partial charge in [-0.2, -0.15) is 0 Å². The molecule has 2 aromatic carbocycles. The molecular weight excluding hydrogens is 228 g/mol. The zero-order valence-corrected chi connectivity index (χ0v) is 10.2. The zero-order valence-electron chi connectivity index (χ0n) is 10.2. The second-order valence-electron chi connectivity index (χ2n) is 4.54. The third-order valence-corrected chi connectivity index (χ3v) is 3.29. The molecule has 3 rings (SSSR count). The molecule has 0 saturated carbocycles. The number of aryl methyl sites for hydroxylation is 1. The predicted molar refractivity (Wildman–Crippen MR) is 72.3 cm³/mol. The van der Waals surface area contributed by atoms with E-state index in [2.05, 4.69) is 5.32 Å². The Morgan fingerprint density at radius 1 is 1.00 bits per heavy atom. The molecule has 0 saturated heterocycles. The normalized spacial score (nSPS) is 12.7. The maximum atomic E-state index is 9.79. The summed E-state index contributed by atoms with van der Waals surface area (Å²) in [6.45, 7) is 1.86. The molecule has 0 bridgehead atoms. The van der Waals surface area contributed by atoms with Crippen LogP contribution in [0.3, 0.4) is 0 Å². The van der Waals surface area contributed by atoms with Crippen LogP contribution >= 0.6 is 0 Å². The third-order valence-electron chi connectivity index (χ3n) is 3.29. The summed E-state index contributed by atoms with van der Waals surface area (Å²) in [6, 6.07) is 8.83. The fraction of sp³-hybridized carbons (Fsp3) is 0.143. The number of nitrogens with zero attached hydrogens (tertiary/aromatic N) is 1. The van der Waals surface area contributed by atoms with Crippen LogP contribution in [0, 0.1) is 6.92 Å². The Morgan fingerprint density at radius 3 is 2.50 bits per heavy atom. The molecule has 1 heterocycles. The first kappa shape index (κ1) is 10.8. The summed E-state index contributed by atoms with van der Waals surface area (Å²) in [7, 11) is 1.93. The Labute approximate surface area is 105 Å². The number of hydrogen-bond donors (Lipinski definition) is 3. The Hall–Kier alpha value is -2.36. The molecule has 0 fully saturated rings. The first-order valence-corrected chi connectivity index (χ1v) is 5.73. The van der Waals surface area contributed by atoms with Crippen molar-refractivity contribution in [2.45, 2.75) is 6.92 Å². The van der Waals surface area contributed by atoms with Gasteiger partial charge < -0.3 is 20.4 Å². The van der Waals surface area contributed by atoms with E-state index in [1.54, 1.807) is 18.2 Å². The first-order valence-electron chi connectivity index (χ1n) is 5.73. The number of aromatic hydroxyl groups is 2. The maximum Gasteiger partial charge on any atom is 0.120 e. The van der Waals surface area contributed by atoms with Crippen molar-refractivity contribution in [1.82, 2.24) is 0 Å². The van der Waals surface area contributed by atoms with Gasteiger partial charge >= 0.3 is 0 Å². The van der Waals surface area contributed by atoms with Crippen LogP contribution in [0.2, 0.25) is 0 Å². The zero-order chi connectivity index (χ0) is 12.9. The third kappa shape index (κ3) is 1.46. The van der Waals surface area contributed by atoms with Gasteiger partial charge in [-0.3, -0.25) is 0 Å². The van der Waals surface area contributed by atoms with E-state index >= 15 is 0 Å². The smallest absolute Gasteiger partial charge is 0.120 e. The largest absolute Gasteiger partial charge is 0.508 e. The monoisotopic (exact) mass is 242 g/mol. The Morgan fingerprint density at radius 2 is 1.72 bits per heavy atom. The van der Waals surface area contributed by atoms with E-state index in [9.17, 15) is 10.2 Å². The molecule has 0 aromatic heterocycles. The average Bonchev–Trinajstić information content (AvgIpc) is 2.32. The fourth-order valence-corrected chi connectivity index (χ4v) is 2.25. The van der Waals surface area contributed by atoms with Gasteiger partial charge in [-0.1, -0.05) is 0 Å². The van der Waals surface area contributed by atoms with Gasteiger partial charge in [0.25, 0.3) is 0 Å². The number of phenols is 2. The highest BCUT2D eigenvalue weighted by atomic mass is 16.3. The standard InChI is InChI=1S/C14H14N2O2/c1-8-5-10-13(7-14(8)18)16(2)12-4-3-9(17)6-11(12)15-10/h3-7,15,17-18H,1-2H3. The summed E-state index contributed by atoms with van der Waals surface area (Å²) >= 11 is 0. The first-order chi connectivity index (χ1) is 8.56. The minimum absolute atomic E-state index is 0.230. The second-order valence-corrected chi connectivity index (χ2v) is 4.54. The lowest BCUT2D eigenvalue weighted by atomic mass is 10.1. The summed E-state index contributed by atoms with van der Waals surface area (Å²) in [5.41, 5.74) is 4.47. The van der Waals surface area contributed by atoms with Crippen LogP contribution in [0.5, 0.6) is 11.5 Å². The van der Waals surface area contributed by atoms with Gasteiger partial charge in [0.05, 0.1) is 22.7 Å². The van der Waals surface area contributed by atoms with Crippen LogP contribution in [-0.4, -0.2) is 17.3 Å². The minimum atomic E-state index is 0.230. The number of phenolic OH excluding ortho intramolecular Hbond substituents is 2. The molecule has 1 aliphatic rings.